The van der Waals surface area contributed by atoms with E-state index in [0.717, 1.165) is 6.61 Å². The van der Waals surface area contributed by atoms with E-state index < -0.39 is 4.67 Å². The van der Waals surface area contributed by atoms with Gasteiger partial charge in [0.05, 0.1) is 6.61 Å². The first-order valence-corrected chi connectivity index (χ1v) is 9.21. The van der Waals surface area contributed by atoms with Crippen LogP contribution in [0.15, 0.2) is 0 Å². The minimum atomic E-state index is -1.45. The van der Waals surface area contributed by atoms with E-state index in [9.17, 15) is 0 Å². The zero-order chi connectivity index (χ0) is 7.45. The monoisotopic (exact) mass is 214 g/mol. The molecule has 0 atom stereocenters. The van der Waals surface area contributed by atoms with Crippen molar-refractivity contribution in [2.75, 3.05) is 18.1 Å². The molecule has 1 aliphatic heterocycles. The van der Waals surface area contributed by atoms with Gasteiger partial charge in [-0.05, 0) is 25.2 Å². The van der Waals surface area contributed by atoms with Crippen molar-refractivity contribution in [1.82, 2.24) is 0 Å². The van der Waals surface area contributed by atoms with Crippen molar-refractivity contribution in [2.24, 2.45) is 0 Å². The topological polar surface area (TPSA) is 9.23 Å². The Morgan fingerprint density at radius 3 is 2.60 bits per heavy atom. The molecule has 60 valence electrons. The summed E-state index contributed by atoms with van der Waals surface area (Å²) < 4.78 is 4.08. The molecule has 0 aromatic carbocycles. The first-order chi connectivity index (χ1) is 4.77. The summed E-state index contributed by atoms with van der Waals surface area (Å²) in [6.07, 6.45) is 1.29. The average Bonchev–Trinajstić information content (AvgIpc) is 1.89. The quantitative estimate of drug-likeness (QED) is 0.653. The fraction of sp³-hybridized carbons (Fsp3) is 1.00. The van der Waals surface area contributed by atoms with Gasteiger partial charge in [-0.2, -0.15) is 0 Å². The largest absolute Gasteiger partial charge is 0.334 e. The summed E-state index contributed by atoms with van der Waals surface area (Å²) in [5, 5.41) is 0. The van der Waals surface area contributed by atoms with Crippen molar-refractivity contribution in [3.8, 4) is 0 Å². The zero-order valence-electron chi connectivity index (χ0n) is 5.91. The molecule has 5 heteroatoms. The molecular weight excluding hydrogens is 203 g/mol. The molecular formula is C5H11OPS3. The predicted molar refractivity (Wildman–Crippen MR) is 55.4 cm³/mol. The Hall–Kier alpha value is 1.31. The van der Waals surface area contributed by atoms with E-state index in [1.54, 1.807) is 0 Å². The van der Waals surface area contributed by atoms with Gasteiger partial charge in [0.15, 0.2) is 4.67 Å². The lowest BCUT2D eigenvalue weighted by Gasteiger charge is -2.23. The summed E-state index contributed by atoms with van der Waals surface area (Å²) in [5.74, 6) is 2.40. The molecule has 0 aromatic rings. The molecule has 0 saturated carbocycles. The molecule has 0 amide bonds. The summed E-state index contributed by atoms with van der Waals surface area (Å²) in [7, 11) is 0. The average molecular weight is 214 g/mol. The van der Waals surface area contributed by atoms with Crippen LogP contribution < -0.4 is 0 Å². The van der Waals surface area contributed by atoms with Crippen molar-refractivity contribution in [3.05, 3.63) is 0 Å². The van der Waals surface area contributed by atoms with Crippen LogP contribution in [-0.4, -0.2) is 18.1 Å². The Labute approximate surface area is 75.3 Å². The van der Waals surface area contributed by atoms with E-state index >= 15 is 0 Å². The summed E-state index contributed by atoms with van der Waals surface area (Å²) in [4.78, 5) is 0. The van der Waals surface area contributed by atoms with Crippen molar-refractivity contribution in [3.63, 3.8) is 0 Å². The summed E-state index contributed by atoms with van der Waals surface area (Å²) in [6.45, 7) is 2.79. The Morgan fingerprint density at radius 2 is 2.10 bits per heavy atom. The molecule has 0 unspecified atom stereocenters. The highest BCUT2D eigenvalue weighted by atomic mass is 33.2. The van der Waals surface area contributed by atoms with Gasteiger partial charge in [0.1, 0.15) is 0 Å². The van der Waals surface area contributed by atoms with Crippen LogP contribution in [0.1, 0.15) is 13.3 Å². The van der Waals surface area contributed by atoms with Crippen molar-refractivity contribution >= 4 is 39.2 Å². The molecule has 0 radical (unpaired) electrons. The van der Waals surface area contributed by atoms with Gasteiger partial charge in [-0.1, -0.05) is 22.8 Å². The molecule has 0 aromatic heterocycles. The SMILES string of the molecule is CCOP1(=S)SCCCS1. The van der Waals surface area contributed by atoms with Crippen LogP contribution in [0.25, 0.3) is 0 Å². The molecule has 0 bridgehead atoms. The highest BCUT2D eigenvalue weighted by Gasteiger charge is 2.21. The molecule has 0 N–H and O–H groups in total. The fourth-order valence-electron chi connectivity index (χ4n) is 0.682. The molecule has 1 saturated heterocycles. The minimum absolute atomic E-state index is 0.775. The smallest absolute Gasteiger partial charge is 0.174 e. The van der Waals surface area contributed by atoms with Crippen LogP contribution in [0.2, 0.25) is 0 Å². The molecule has 1 aliphatic rings. The highest BCUT2D eigenvalue weighted by molar-refractivity contribution is 8.99. The molecule has 0 aliphatic carbocycles. The normalized spacial score (nSPS) is 24.5. The van der Waals surface area contributed by atoms with E-state index in [1.165, 1.54) is 17.9 Å². The van der Waals surface area contributed by atoms with E-state index in [2.05, 4.69) is 0 Å². The van der Waals surface area contributed by atoms with Gasteiger partial charge in [-0.25, -0.2) is 0 Å². The van der Waals surface area contributed by atoms with E-state index in [1.807, 2.05) is 29.7 Å². The van der Waals surface area contributed by atoms with Gasteiger partial charge in [-0.15, -0.1) is 0 Å². The van der Waals surface area contributed by atoms with Crippen molar-refractivity contribution in [2.45, 2.75) is 13.3 Å². The standard InChI is InChI=1S/C5H11OPS3/c1-2-6-7(8)9-4-3-5-10-7/h2-5H2,1H3. The highest BCUT2D eigenvalue weighted by Crippen LogP contribution is 2.72. The van der Waals surface area contributed by atoms with Crippen molar-refractivity contribution < 1.29 is 4.52 Å². The third-order valence-corrected chi connectivity index (χ3v) is 11.0. The van der Waals surface area contributed by atoms with Crippen molar-refractivity contribution in [1.29, 1.82) is 0 Å². The van der Waals surface area contributed by atoms with E-state index in [0.29, 0.717) is 0 Å². The third-order valence-electron chi connectivity index (χ3n) is 1.07. The van der Waals surface area contributed by atoms with Gasteiger partial charge in [0.2, 0.25) is 0 Å². The lowest BCUT2D eigenvalue weighted by molar-refractivity contribution is 0.393. The summed E-state index contributed by atoms with van der Waals surface area (Å²) in [6, 6.07) is 0. The van der Waals surface area contributed by atoms with Crippen LogP contribution in [0.4, 0.5) is 0 Å². The lowest BCUT2D eigenvalue weighted by Crippen LogP contribution is -1.93. The second kappa shape index (κ2) is 4.36. The Kier molecular flexibility index (Phi) is 4.10. The first kappa shape index (κ1) is 9.40. The van der Waals surface area contributed by atoms with Gasteiger partial charge >= 0.3 is 0 Å². The molecule has 1 fully saturated rings. The first-order valence-electron chi connectivity index (χ1n) is 3.30. The fourth-order valence-corrected chi connectivity index (χ4v) is 9.49. The van der Waals surface area contributed by atoms with Crippen LogP contribution in [0.3, 0.4) is 0 Å². The summed E-state index contributed by atoms with van der Waals surface area (Å²) >= 11 is 9.08. The second-order valence-corrected chi connectivity index (χ2v) is 12.6. The van der Waals surface area contributed by atoms with Gasteiger partial charge < -0.3 is 4.52 Å². The maximum Gasteiger partial charge on any atom is 0.174 e. The Bertz CT molecular complexity index is 132. The maximum atomic E-state index is 5.52. The number of hydrogen-bond donors (Lipinski definition) is 0. The number of hydrogen-bond acceptors (Lipinski definition) is 4. The molecule has 0 spiro atoms. The molecule has 10 heavy (non-hydrogen) atoms. The van der Waals surface area contributed by atoms with Crippen LogP contribution in [0.5, 0.6) is 0 Å². The molecule has 1 heterocycles. The number of rotatable bonds is 2. The molecule has 1 nitrogen and oxygen atoms in total. The Balaban J connectivity index is 2.41. The predicted octanol–water partition coefficient (Wildman–Crippen LogP) is 3.12. The maximum absolute atomic E-state index is 5.52. The van der Waals surface area contributed by atoms with Crippen LogP contribution >= 0.6 is 27.4 Å². The van der Waals surface area contributed by atoms with E-state index in [-0.39, 0.29) is 0 Å². The van der Waals surface area contributed by atoms with Gasteiger partial charge in [0.25, 0.3) is 0 Å². The lowest BCUT2D eigenvalue weighted by atomic mass is 10.6. The third kappa shape index (κ3) is 2.74. The van der Waals surface area contributed by atoms with Gasteiger partial charge in [-0.3, -0.25) is 0 Å². The van der Waals surface area contributed by atoms with Crippen LogP contribution in [0, 0.1) is 0 Å². The van der Waals surface area contributed by atoms with Gasteiger partial charge in [0, 0.05) is 11.5 Å². The van der Waals surface area contributed by atoms with E-state index in [4.69, 9.17) is 16.3 Å². The van der Waals surface area contributed by atoms with Crippen LogP contribution in [-0.2, 0) is 16.3 Å². The Morgan fingerprint density at radius 1 is 1.50 bits per heavy atom. The second-order valence-electron chi connectivity index (χ2n) is 1.88. The molecule has 1 rings (SSSR count). The zero-order valence-corrected chi connectivity index (χ0v) is 9.25. The minimum Gasteiger partial charge on any atom is -0.334 e. The summed E-state index contributed by atoms with van der Waals surface area (Å²) in [5.41, 5.74) is 0.